The average molecular weight is 445 g/mol. The molecule has 8 nitrogen and oxygen atoms in total. The quantitative estimate of drug-likeness (QED) is 0.513. The Hall–Kier alpha value is -2.65. The van der Waals surface area contributed by atoms with Crippen LogP contribution in [0.4, 0.5) is 4.79 Å². The summed E-state index contributed by atoms with van der Waals surface area (Å²) >= 11 is 0. The van der Waals surface area contributed by atoms with Crippen molar-refractivity contribution in [3.05, 3.63) is 41.1 Å². The van der Waals surface area contributed by atoms with E-state index in [0.717, 1.165) is 11.1 Å². The van der Waals surface area contributed by atoms with Gasteiger partial charge in [-0.25, -0.2) is 9.59 Å². The largest absolute Gasteiger partial charge is 0.477 e. The molecule has 166 valence electrons. The third-order valence-corrected chi connectivity index (χ3v) is 7.06. The van der Waals surface area contributed by atoms with Gasteiger partial charge in [0.1, 0.15) is 12.3 Å². The van der Waals surface area contributed by atoms with Gasteiger partial charge in [0.25, 0.3) is 0 Å². The van der Waals surface area contributed by atoms with Crippen LogP contribution in [0, 0.1) is 5.92 Å². The number of cyclic esters (lactones) is 1. The molecular weight excluding hydrogens is 416 g/mol. The minimum atomic E-state index is -1.82. The van der Waals surface area contributed by atoms with E-state index < -0.39 is 14.3 Å². The monoisotopic (exact) mass is 444 g/mol. The van der Waals surface area contributed by atoms with Crippen molar-refractivity contribution in [2.45, 2.75) is 51.7 Å². The lowest BCUT2D eigenvalue weighted by Gasteiger charge is -2.47. The van der Waals surface area contributed by atoms with E-state index in [1.165, 1.54) is 4.90 Å². The maximum absolute atomic E-state index is 12.9. The Labute approximate surface area is 182 Å². The van der Waals surface area contributed by atoms with Gasteiger partial charge in [-0.2, -0.15) is 0 Å². The first-order valence-corrected chi connectivity index (χ1v) is 14.0. The molecule has 3 aliphatic heterocycles. The minimum absolute atomic E-state index is 0.0716. The zero-order valence-corrected chi connectivity index (χ0v) is 19.3. The predicted molar refractivity (Wildman–Crippen MR) is 115 cm³/mol. The van der Waals surface area contributed by atoms with Crippen molar-refractivity contribution >= 4 is 31.9 Å². The topological polar surface area (TPSA) is 96.4 Å². The first-order chi connectivity index (χ1) is 14.6. The van der Waals surface area contributed by atoms with Crippen molar-refractivity contribution in [1.29, 1.82) is 0 Å². The molecule has 1 aromatic carbocycles. The first kappa shape index (κ1) is 21.6. The smallest absolute Gasteiger partial charge is 0.410 e. The summed E-state index contributed by atoms with van der Waals surface area (Å²) in [7, 11) is -1.82. The molecule has 31 heavy (non-hydrogen) atoms. The Bertz CT molecular complexity index is 952. The molecule has 0 aromatic heterocycles. The van der Waals surface area contributed by atoms with Gasteiger partial charge < -0.3 is 24.1 Å². The van der Waals surface area contributed by atoms with Crippen molar-refractivity contribution in [1.82, 2.24) is 9.80 Å². The molecule has 1 aromatic rings. The standard InChI is InChI=1S/C22H28N2O6Si/c1-13(30-31(2,3)4)18-17-11-16(19(21(26)27)24(17)20(18)25)15-7-5-14(6-8-15)12-23-9-10-29-22(23)28/h5-8,13,17-18H,9-12H2,1-4H3,(H,26,27)/t13-,17-,18-/m1/s1. The number of benzene rings is 1. The van der Waals surface area contributed by atoms with Gasteiger partial charge in [0.05, 0.1) is 24.6 Å². The predicted octanol–water partition coefficient (Wildman–Crippen LogP) is 2.91. The molecule has 3 heterocycles. The van der Waals surface area contributed by atoms with E-state index in [1.807, 2.05) is 31.2 Å². The number of carbonyl (C=O) groups is 3. The van der Waals surface area contributed by atoms with Crippen LogP contribution in [-0.2, 0) is 25.3 Å². The Balaban J connectivity index is 1.54. The summed E-state index contributed by atoms with van der Waals surface area (Å²) in [5.41, 5.74) is 2.46. The number of carbonyl (C=O) groups excluding carboxylic acids is 2. The van der Waals surface area contributed by atoms with Crippen molar-refractivity contribution in [2.24, 2.45) is 5.92 Å². The highest BCUT2D eigenvalue weighted by Crippen LogP contribution is 2.47. The van der Waals surface area contributed by atoms with Gasteiger partial charge in [-0.3, -0.25) is 4.79 Å². The highest BCUT2D eigenvalue weighted by atomic mass is 28.4. The second kappa shape index (κ2) is 7.80. The van der Waals surface area contributed by atoms with Crippen LogP contribution in [-0.4, -0.2) is 66.5 Å². The van der Waals surface area contributed by atoms with Crippen molar-refractivity contribution < 1.29 is 28.7 Å². The van der Waals surface area contributed by atoms with Gasteiger partial charge in [0, 0.05) is 6.54 Å². The second-order valence-corrected chi connectivity index (χ2v) is 13.8. The van der Waals surface area contributed by atoms with Gasteiger partial charge in [0.2, 0.25) is 5.91 Å². The molecule has 0 radical (unpaired) electrons. The van der Waals surface area contributed by atoms with E-state index in [1.54, 1.807) is 4.90 Å². The summed E-state index contributed by atoms with van der Waals surface area (Å²) in [6.07, 6.45) is -0.0633. The number of hydrogen-bond acceptors (Lipinski definition) is 5. The molecule has 0 bridgehead atoms. The van der Waals surface area contributed by atoms with Crippen molar-refractivity contribution in [3.8, 4) is 0 Å². The highest BCUT2D eigenvalue weighted by molar-refractivity contribution is 6.69. The number of rotatable bonds is 7. The van der Waals surface area contributed by atoms with Crippen LogP contribution in [0.5, 0.6) is 0 Å². The van der Waals surface area contributed by atoms with E-state index in [9.17, 15) is 19.5 Å². The van der Waals surface area contributed by atoms with E-state index >= 15 is 0 Å². The maximum Gasteiger partial charge on any atom is 0.410 e. The van der Waals surface area contributed by atoms with Gasteiger partial charge in [-0.1, -0.05) is 24.3 Å². The van der Waals surface area contributed by atoms with Crippen LogP contribution >= 0.6 is 0 Å². The van der Waals surface area contributed by atoms with E-state index in [4.69, 9.17) is 9.16 Å². The third kappa shape index (κ3) is 3.99. The molecule has 9 heteroatoms. The van der Waals surface area contributed by atoms with E-state index in [0.29, 0.717) is 31.7 Å². The Morgan fingerprint density at radius 3 is 2.48 bits per heavy atom. The minimum Gasteiger partial charge on any atom is -0.477 e. The molecule has 4 rings (SSSR count). The fourth-order valence-corrected chi connectivity index (χ4v) is 6.01. The molecule has 0 spiro atoms. The lowest BCUT2D eigenvalue weighted by atomic mass is 9.82. The number of β-lactam (4-membered cyclic amide) rings is 1. The van der Waals surface area contributed by atoms with Gasteiger partial charge in [-0.15, -0.1) is 0 Å². The molecule has 2 saturated heterocycles. The summed E-state index contributed by atoms with van der Waals surface area (Å²) in [4.78, 5) is 39.6. The van der Waals surface area contributed by atoms with Gasteiger partial charge in [-0.05, 0) is 49.7 Å². The van der Waals surface area contributed by atoms with Crippen molar-refractivity contribution in [2.75, 3.05) is 13.2 Å². The summed E-state index contributed by atoms with van der Waals surface area (Å²) in [6, 6.07) is 7.32. The van der Waals surface area contributed by atoms with Crippen LogP contribution < -0.4 is 0 Å². The number of carboxylic acids is 1. The van der Waals surface area contributed by atoms with E-state index in [2.05, 4.69) is 19.6 Å². The van der Waals surface area contributed by atoms with Crippen LogP contribution in [0.1, 0.15) is 24.5 Å². The number of ether oxygens (including phenoxy) is 1. The molecule has 1 N–H and O–H groups in total. The average Bonchev–Trinajstić information content (AvgIpc) is 3.22. The zero-order chi connectivity index (χ0) is 22.5. The summed E-state index contributed by atoms with van der Waals surface area (Å²) in [5, 5.41) is 9.84. The van der Waals surface area contributed by atoms with Crippen molar-refractivity contribution in [3.63, 3.8) is 0 Å². The highest BCUT2D eigenvalue weighted by Gasteiger charge is 2.57. The molecular formula is C22H28N2O6Si. The number of hydrogen-bond donors (Lipinski definition) is 1. The van der Waals surface area contributed by atoms with Crippen LogP contribution in [0.15, 0.2) is 30.0 Å². The SMILES string of the molecule is C[C@@H](O[Si](C)(C)C)[C@H]1C(=O)N2C(C(=O)O)=C(c3ccc(CN4CCOC4=O)cc3)C[C@H]12. The summed E-state index contributed by atoms with van der Waals surface area (Å²) < 4.78 is 11.1. The molecule has 3 atom stereocenters. The number of nitrogens with zero attached hydrogens (tertiary/aromatic N) is 2. The van der Waals surface area contributed by atoms with Gasteiger partial charge in [0.15, 0.2) is 8.32 Å². The lowest BCUT2D eigenvalue weighted by Crippen LogP contribution is -2.63. The zero-order valence-electron chi connectivity index (χ0n) is 18.3. The number of fused-ring (bicyclic) bond motifs is 1. The van der Waals surface area contributed by atoms with Crippen LogP contribution in [0.2, 0.25) is 19.6 Å². The number of carboxylic acid groups (broad SMARTS) is 1. The summed E-state index contributed by atoms with van der Waals surface area (Å²) in [5.74, 6) is -1.58. The molecule has 0 unspecified atom stereocenters. The van der Waals surface area contributed by atoms with Gasteiger partial charge >= 0.3 is 12.1 Å². The Morgan fingerprint density at radius 1 is 1.26 bits per heavy atom. The number of aliphatic carboxylic acids is 1. The fourth-order valence-electron chi connectivity index (χ4n) is 4.74. The normalized spacial score (nSPS) is 24.3. The number of amides is 2. The fraction of sp³-hybridized carbons (Fsp3) is 0.500. The van der Waals surface area contributed by atoms with Crippen LogP contribution in [0.25, 0.3) is 5.57 Å². The molecule has 2 amide bonds. The van der Waals surface area contributed by atoms with Crippen LogP contribution in [0.3, 0.4) is 0 Å². The maximum atomic E-state index is 12.9. The molecule has 3 aliphatic rings. The first-order valence-electron chi connectivity index (χ1n) is 10.5. The van der Waals surface area contributed by atoms with E-state index in [-0.39, 0.29) is 35.8 Å². The Kier molecular flexibility index (Phi) is 5.43. The molecule has 0 aliphatic carbocycles. The molecule has 0 saturated carbocycles. The molecule has 2 fully saturated rings. The lowest BCUT2D eigenvalue weighted by molar-refractivity contribution is -0.160. The Morgan fingerprint density at radius 2 is 1.94 bits per heavy atom. The third-order valence-electron chi connectivity index (χ3n) is 5.98. The summed E-state index contributed by atoms with van der Waals surface area (Å²) in [6.45, 7) is 9.56. The second-order valence-electron chi connectivity index (χ2n) is 9.31.